The number of hydrogen-bond donors (Lipinski definition) is 1. The van der Waals surface area contributed by atoms with E-state index in [0.29, 0.717) is 29.1 Å². The SMILES string of the molecule is CCn1c(=O)c(-c2cccc(C)c2)nc2c(N)ccnc21. The summed E-state index contributed by atoms with van der Waals surface area (Å²) >= 11 is 0. The van der Waals surface area contributed by atoms with Crippen LogP contribution in [0.1, 0.15) is 12.5 Å². The largest absolute Gasteiger partial charge is 0.397 e. The van der Waals surface area contributed by atoms with E-state index >= 15 is 0 Å². The van der Waals surface area contributed by atoms with Crippen molar-refractivity contribution in [3.05, 3.63) is 52.4 Å². The van der Waals surface area contributed by atoms with Crippen molar-refractivity contribution >= 4 is 16.9 Å². The first-order valence-corrected chi connectivity index (χ1v) is 6.84. The van der Waals surface area contributed by atoms with Crippen LogP contribution in [0.2, 0.25) is 0 Å². The van der Waals surface area contributed by atoms with Crippen LogP contribution in [-0.2, 0) is 6.54 Å². The normalized spacial score (nSPS) is 11.0. The third kappa shape index (κ3) is 2.16. The number of fused-ring (bicyclic) bond motifs is 1. The molecule has 3 rings (SSSR count). The zero-order valence-electron chi connectivity index (χ0n) is 12.0. The van der Waals surface area contributed by atoms with E-state index < -0.39 is 0 Å². The van der Waals surface area contributed by atoms with Gasteiger partial charge in [-0.3, -0.25) is 9.36 Å². The highest BCUT2D eigenvalue weighted by atomic mass is 16.1. The van der Waals surface area contributed by atoms with Crippen molar-refractivity contribution < 1.29 is 0 Å². The summed E-state index contributed by atoms with van der Waals surface area (Å²) < 4.78 is 1.61. The molecule has 0 saturated carbocycles. The smallest absolute Gasteiger partial charge is 0.278 e. The van der Waals surface area contributed by atoms with Crippen LogP contribution in [0.15, 0.2) is 41.3 Å². The second-order valence-corrected chi connectivity index (χ2v) is 4.95. The molecule has 0 amide bonds. The minimum Gasteiger partial charge on any atom is -0.397 e. The van der Waals surface area contributed by atoms with Gasteiger partial charge in [0, 0.05) is 18.3 Å². The molecule has 3 aromatic rings. The molecule has 0 radical (unpaired) electrons. The molecule has 0 aliphatic heterocycles. The maximum absolute atomic E-state index is 12.7. The molecule has 5 nitrogen and oxygen atoms in total. The van der Waals surface area contributed by atoms with E-state index in [1.54, 1.807) is 16.8 Å². The number of anilines is 1. The highest BCUT2D eigenvalue weighted by Gasteiger charge is 2.14. The Morgan fingerprint density at radius 1 is 1.29 bits per heavy atom. The van der Waals surface area contributed by atoms with Gasteiger partial charge in [-0.25, -0.2) is 9.97 Å². The Balaban J connectivity index is 2.42. The Kier molecular flexibility index (Phi) is 3.17. The summed E-state index contributed by atoms with van der Waals surface area (Å²) in [5.41, 5.74) is 9.75. The first kappa shape index (κ1) is 13.3. The van der Waals surface area contributed by atoms with E-state index in [1.165, 1.54) is 0 Å². The maximum Gasteiger partial charge on any atom is 0.278 e. The van der Waals surface area contributed by atoms with Crippen LogP contribution < -0.4 is 11.3 Å². The van der Waals surface area contributed by atoms with Gasteiger partial charge < -0.3 is 5.73 Å². The van der Waals surface area contributed by atoms with Crippen LogP contribution >= 0.6 is 0 Å². The minimum atomic E-state index is -0.145. The standard InChI is InChI=1S/C16H16N4O/c1-3-20-15-14(12(17)7-8-18-15)19-13(16(20)21)11-6-4-5-10(2)9-11/h4-9H,3H2,1-2H3,(H2,17,18). The maximum atomic E-state index is 12.7. The van der Waals surface area contributed by atoms with Crippen molar-refractivity contribution in [2.45, 2.75) is 20.4 Å². The van der Waals surface area contributed by atoms with Crippen molar-refractivity contribution in [3.63, 3.8) is 0 Å². The molecule has 21 heavy (non-hydrogen) atoms. The summed E-state index contributed by atoms with van der Waals surface area (Å²) in [4.78, 5) is 21.4. The number of benzene rings is 1. The van der Waals surface area contributed by atoms with Gasteiger partial charge >= 0.3 is 0 Å². The third-order valence-corrected chi connectivity index (χ3v) is 3.47. The molecular weight excluding hydrogens is 264 g/mol. The van der Waals surface area contributed by atoms with Gasteiger partial charge in [-0.1, -0.05) is 23.8 Å². The Morgan fingerprint density at radius 3 is 2.81 bits per heavy atom. The fourth-order valence-corrected chi connectivity index (χ4v) is 2.43. The van der Waals surface area contributed by atoms with Crippen molar-refractivity contribution in [2.24, 2.45) is 0 Å². The molecule has 5 heteroatoms. The average Bonchev–Trinajstić information content (AvgIpc) is 2.47. The number of aryl methyl sites for hydroxylation is 2. The summed E-state index contributed by atoms with van der Waals surface area (Å²) in [6, 6.07) is 9.43. The number of rotatable bonds is 2. The zero-order valence-corrected chi connectivity index (χ0v) is 12.0. The molecule has 0 aliphatic rings. The molecular formula is C16H16N4O. The van der Waals surface area contributed by atoms with E-state index in [0.717, 1.165) is 11.1 Å². The van der Waals surface area contributed by atoms with Gasteiger partial charge in [0.05, 0.1) is 5.69 Å². The number of aromatic nitrogens is 3. The fourth-order valence-electron chi connectivity index (χ4n) is 2.43. The quantitative estimate of drug-likeness (QED) is 0.782. The lowest BCUT2D eigenvalue weighted by Gasteiger charge is -2.11. The van der Waals surface area contributed by atoms with Crippen LogP contribution in [0.25, 0.3) is 22.4 Å². The lowest BCUT2D eigenvalue weighted by atomic mass is 10.1. The van der Waals surface area contributed by atoms with Crippen molar-refractivity contribution in [1.29, 1.82) is 0 Å². The Labute approximate surface area is 122 Å². The molecule has 106 valence electrons. The molecule has 0 fully saturated rings. The van der Waals surface area contributed by atoms with Gasteiger partial charge in [0.2, 0.25) is 0 Å². The highest BCUT2D eigenvalue weighted by Crippen LogP contribution is 2.20. The molecule has 2 N–H and O–H groups in total. The molecule has 1 aromatic carbocycles. The molecule has 0 aliphatic carbocycles. The van der Waals surface area contributed by atoms with Gasteiger partial charge in [-0.2, -0.15) is 0 Å². The predicted molar refractivity (Wildman–Crippen MR) is 84.1 cm³/mol. The van der Waals surface area contributed by atoms with Gasteiger partial charge in [0.25, 0.3) is 5.56 Å². The summed E-state index contributed by atoms with van der Waals surface area (Å²) in [6.07, 6.45) is 1.59. The van der Waals surface area contributed by atoms with E-state index in [9.17, 15) is 4.79 Å². The molecule has 2 heterocycles. The van der Waals surface area contributed by atoms with Crippen LogP contribution in [0.5, 0.6) is 0 Å². The summed E-state index contributed by atoms with van der Waals surface area (Å²) in [5.74, 6) is 0. The first-order valence-electron chi connectivity index (χ1n) is 6.84. The third-order valence-electron chi connectivity index (χ3n) is 3.47. The topological polar surface area (TPSA) is 73.8 Å². The number of nitrogens with zero attached hydrogens (tertiary/aromatic N) is 3. The lowest BCUT2D eigenvalue weighted by Crippen LogP contribution is -2.24. The summed E-state index contributed by atoms with van der Waals surface area (Å²) in [5, 5.41) is 0. The molecule has 0 spiro atoms. The van der Waals surface area contributed by atoms with Gasteiger partial charge in [0.15, 0.2) is 5.65 Å². The predicted octanol–water partition coefficient (Wildman–Crippen LogP) is 2.37. The van der Waals surface area contributed by atoms with Gasteiger partial charge in [-0.15, -0.1) is 0 Å². The van der Waals surface area contributed by atoms with E-state index in [-0.39, 0.29) is 5.56 Å². The number of nitrogens with two attached hydrogens (primary N) is 1. The summed E-state index contributed by atoms with van der Waals surface area (Å²) in [6.45, 7) is 4.41. The van der Waals surface area contributed by atoms with Crippen molar-refractivity contribution in [3.8, 4) is 11.3 Å². The number of nitrogen functional groups attached to an aromatic ring is 1. The monoisotopic (exact) mass is 280 g/mol. The van der Waals surface area contributed by atoms with Crippen LogP contribution in [0, 0.1) is 6.92 Å². The second kappa shape index (κ2) is 5.01. The fraction of sp³-hybridized carbons (Fsp3) is 0.188. The Morgan fingerprint density at radius 2 is 2.10 bits per heavy atom. The van der Waals surface area contributed by atoms with E-state index in [4.69, 9.17) is 5.73 Å². The van der Waals surface area contributed by atoms with Gasteiger partial charge in [-0.05, 0) is 26.0 Å². The van der Waals surface area contributed by atoms with Crippen molar-refractivity contribution in [1.82, 2.24) is 14.5 Å². The van der Waals surface area contributed by atoms with E-state index in [2.05, 4.69) is 9.97 Å². The lowest BCUT2D eigenvalue weighted by molar-refractivity contribution is 0.746. The highest BCUT2D eigenvalue weighted by molar-refractivity contribution is 5.85. The molecule has 0 bridgehead atoms. The minimum absolute atomic E-state index is 0.145. The van der Waals surface area contributed by atoms with Crippen LogP contribution in [0.4, 0.5) is 5.69 Å². The summed E-state index contributed by atoms with van der Waals surface area (Å²) in [7, 11) is 0. The Bertz CT molecular complexity index is 883. The van der Waals surface area contributed by atoms with E-state index in [1.807, 2.05) is 38.1 Å². The van der Waals surface area contributed by atoms with Crippen LogP contribution in [0.3, 0.4) is 0 Å². The molecule has 0 unspecified atom stereocenters. The average molecular weight is 280 g/mol. The number of hydrogen-bond acceptors (Lipinski definition) is 4. The van der Waals surface area contributed by atoms with Crippen molar-refractivity contribution in [2.75, 3.05) is 5.73 Å². The second-order valence-electron chi connectivity index (χ2n) is 4.95. The van der Waals surface area contributed by atoms with Gasteiger partial charge in [0.1, 0.15) is 11.2 Å². The zero-order chi connectivity index (χ0) is 15.0. The molecule has 0 atom stereocenters. The Hall–Kier alpha value is -2.69. The first-order chi connectivity index (χ1) is 10.1. The molecule has 0 saturated heterocycles. The number of pyridine rings is 1. The molecule has 2 aromatic heterocycles. The van der Waals surface area contributed by atoms with Crippen LogP contribution in [-0.4, -0.2) is 14.5 Å².